The number of hydrogen-bond acceptors (Lipinski definition) is 7. The number of nitrogens with one attached hydrogen (secondary N) is 3. The van der Waals surface area contributed by atoms with Gasteiger partial charge in [-0.3, -0.25) is 14.1 Å². The summed E-state index contributed by atoms with van der Waals surface area (Å²) in [4.78, 5) is 49.1. The van der Waals surface area contributed by atoms with E-state index in [-0.39, 0.29) is 35.3 Å². The second kappa shape index (κ2) is 9.67. The summed E-state index contributed by atoms with van der Waals surface area (Å²) in [5, 5.41) is 8.61. The van der Waals surface area contributed by atoms with Gasteiger partial charge in [0.05, 0.1) is 6.54 Å². The molecule has 28 heavy (non-hydrogen) atoms. The van der Waals surface area contributed by atoms with E-state index in [9.17, 15) is 27.6 Å². The molecule has 2 unspecified atom stereocenters. The molecular formula is C13H18N5NaO7S2. The fourth-order valence-corrected chi connectivity index (χ4v) is 3.63. The number of thiophene rings is 1. The Morgan fingerprint density at radius 3 is 2.50 bits per heavy atom. The summed E-state index contributed by atoms with van der Waals surface area (Å²) in [5.74, 6) is -1.77. The van der Waals surface area contributed by atoms with E-state index in [1.165, 1.54) is 14.1 Å². The minimum atomic E-state index is -4.68. The molecule has 1 aromatic heterocycles. The third-order valence-electron chi connectivity index (χ3n) is 3.67. The van der Waals surface area contributed by atoms with Gasteiger partial charge >= 0.3 is 51.9 Å². The number of imide groups is 1. The van der Waals surface area contributed by atoms with Gasteiger partial charge in [0, 0.05) is 19.0 Å². The van der Waals surface area contributed by atoms with Gasteiger partial charge in [-0.05, 0) is 11.4 Å². The topological polar surface area (TPSA) is 165 Å². The predicted octanol–water partition coefficient (Wildman–Crippen LogP) is -3.98. The van der Waals surface area contributed by atoms with E-state index < -0.39 is 52.8 Å². The van der Waals surface area contributed by atoms with Crippen LogP contribution in [0.25, 0.3) is 0 Å². The van der Waals surface area contributed by atoms with E-state index in [1.54, 1.807) is 17.5 Å². The molecular weight excluding hydrogens is 425 g/mol. The van der Waals surface area contributed by atoms with Gasteiger partial charge in [-0.15, -0.1) is 11.3 Å². The third-order valence-corrected chi connectivity index (χ3v) is 5.49. The Morgan fingerprint density at radius 1 is 1.39 bits per heavy atom. The Labute approximate surface area is 188 Å². The Bertz CT molecular complexity index is 867. The summed E-state index contributed by atoms with van der Waals surface area (Å²) in [5.41, 5.74) is 0. The summed E-state index contributed by atoms with van der Waals surface area (Å²) in [6, 6.07) is -0.711. The molecule has 0 spiro atoms. The molecule has 0 aliphatic carbocycles. The second-order valence-corrected chi connectivity index (χ2v) is 7.74. The van der Waals surface area contributed by atoms with Crippen LogP contribution in [-0.2, 0) is 19.9 Å². The zero-order valence-electron chi connectivity index (χ0n) is 16.2. The molecule has 0 radical (unpaired) electrons. The first-order chi connectivity index (χ1) is 12.6. The van der Waals surface area contributed by atoms with Crippen LogP contribution in [0, 0.1) is 0 Å². The van der Waals surface area contributed by atoms with Gasteiger partial charge in [0.1, 0.15) is 12.1 Å². The minimum absolute atomic E-state index is 0. The van der Waals surface area contributed by atoms with Crippen LogP contribution in [0.3, 0.4) is 0 Å². The van der Waals surface area contributed by atoms with Gasteiger partial charge in [0.25, 0.3) is 5.91 Å². The molecule has 0 saturated carbocycles. The molecule has 2 atom stereocenters. The molecule has 1 saturated heterocycles. The van der Waals surface area contributed by atoms with Gasteiger partial charge in [0.15, 0.2) is 0 Å². The second-order valence-electron chi connectivity index (χ2n) is 5.42. The van der Waals surface area contributed by atoms with Crippen molar-refractivity contribution in [1.29, 1.82) is 0 Å². The first kappa shape index (κ1) is 24.3. The van der Waals surface area contributed by atoms with E-state index in [1.807, 2.05) is 0 Å². The van der Waals surface area contributed by atoms with Gasteiger partial charge in [-0.2, -0.15) is 8.42 Å². The number of hydrogen-bond donors (Lipinski definition) is 4. The smallest absolute Gasteiger partial charge is 1.00 e. The van der Waals surface area contributed by atoms with Crippen molar-refractivity contribution in [3.05, 3.63) is 22.4 Å². The maximum Gasteiger partial charge on any atom is 1.00 e. The molecule has 15 heteroatoms. The Hall–Kier alpha value is -1.71. The molecule has 6 amide bonds. The predicted molar refractivity (Wildman–Crippen MR) is 94.1 cm³/mol. The molecule has 12 nitrogen and oxygen atoms in total. The zero-order valence-corrected chi connectivity index (χ0v) is 18.8. The van der Waals surface area contributed by atoms with Crippen molar-refractivity contribution in [2.24, 2.45) is 0 Å². The third kappa shape index (κ3) is 5.42. The average Bonchev–Trinajstić information content (AvgIpc) is 3.13. The number of carbonyl (C=O) groups excluding carboxylic acids is 4. The van der Waals surface area contributed by atoms with Crippen LogP contribution >= 0.6 is 11.3 Å². The average molecular weight is 443 g/mol. The van der Waals surface area contributed by atoms with Crippen LogP contribution in [0.4, 0.5) is 9.59 Å². The summed E-state index contributed by atoms with van der Waals surface area (Å²) < 4.78 is 30.9. The molecule has 1 aliphatic heterocycles. The van der Waals surface area contributed by atoms with E-state index in [0.29, 0.717) is 4.88 Å². The molecule has 1 aromatic rings. The number of nitrogens with zero attached hydrogens (tertiary/aromatic N) is 2. The maximum absolute atomic E-state index is 12.5. The zero-order chi connectivity index (χ0) is 20.4. The van der Waals surface area contributed by atoms with Crippen LogP contribution < -0.4 is 45.5 Å². The van der Waals surface area contributed by atoms with Crippen LogP contribution in [0.2, 0.25) is 0 Å². The van der Waals surface area contributed by atoms with Crippen molar-refractivity contribution in [3.8, 4) is 0 Å². The first-order valence-electron chi connectivity index (χ1n) is 7.45. The molecule has 0 bridgehead atoms. The SMILES string of the molecule is CNC(=O)N(C)C(=O)NC(C(=O)NC1CN(S(=O)(=O)O)C1=O)c1cccs1.[H-].[Na+]. The molecule has 1 fully saturated rings. The Kier molecular flexibility index (Phi) is 8.40. The van der Waals surface area contributed by atoms with Crippen LogP contribution in [0.15, 0.2) is 17.5 Å². The number of β-lactam (4-membered cyclic amide) rings is 1. The molecule has 0 aromatic carbocycles. The van der Waals surface area contributed by atoms with Crippen LogP contribution in [0.5, 0.6) is 0 Å². The summed E-state index contributed by atoms with van der Waals surface area (Å²) >= 11 is 1.16. The van der Waals surface area contributed by atoms with E-state index in [2.05, 4.69) is 16.0 Å². The first-order valence-corrected chi connectivity index (χ1v) is 9.72. The maximum atomic E-state index is 12.5. The number of urea groups is 2. The summed E-state index contributed by atoms with van der Waals surface area (Å²) in [6.07, 6.45) is 0. The van der Waals surface area contributed by atoms with Crippen molar-refractivity contribution >= 4 is 45.5 Å². The summed E-state index contributed by atoms with van der Waals surface area (Å²) in [6.45, 7) is -0.424. The van der Waals surface area contributed by atoms with Gasteiger partial charge < -0.3 is 17.4 Å². The Morgan fingerprint density at radius 2 is 2.04 bits per heavy atom. The molecule has 4 N–H and O–H groups in total. The van der Waals surface area contributed by atoms with Crippen molar-refractivity contribution in [1.82, 2.24) is 25.2 Å². The van der Waals surface area contributed by atoms with Crippen molar-refractivity contribution < 1.29 is 63.1 Å². The number of carbonyl (C=O) groups is 4. The monoisotopic (exact) mass is 443 g/mol. The standard InChI is InChI=1S/C13H17N5O7S2.Na.H/c1-14-12(21)17(2)13(22)16-9(8-4-3-5-26-8)10(19)15-7-6-18(11(7)20)27(23,24)25;;/h3-5,7,9H,6H2,1-2H3,(H,14,21)(H,15,19)(H,16,22)(H,23,24,25);;/q;+1;-1. The van der Waals surface area contributed by atoms with E-state index in [4.69, 9.17) is 4.55 Å². The quantitative estimate of drug-likeness (QED) is 0.205. The van der Waals surface area contributed by atoms with Gasteiger partial charge in [-0.25, -0.2) is 18.8 Å². The van der Waals surface area contributed by atoms with Gasteiger partial charge in [-0.1, -0.05) is 6.07 Å². The minimum Gasteiger partial charge on any atom is -1.00 e. The molecule has 2 heterocycles. The van der Waals surface area contributed by atoms with E-state index in [0.717, 1.165) is 16.2 Å². The number of rotatable bonds is 5. The van der Waals surface area contributed by atoms with Crippen LogP contribution in [0.1, 0.15) is 12.3 Å². The normalized spacial score (nSPS) is 16.9. The fourth-order valence-electron chi connectivity index (χ4n) is 2.17. The number of amides is 6. The Balaban J connectivity index is 0.00000392. The largest absolute Gasteiger partial charge is 1.00 e. The molecule has 150 valence electrons. The molecule has 1 aliphatic rings. The fraction of sp³-hybridized carbons (Fsp3) is 0.385. The molecule has 2 rings (SSSR count). The van der Waals surface area contributed by atoms with Crippen molar-refractivity contribution in [3.63, 3.8) is 0 Å². The van der Waals surface area contributed by atoms with Gasteiger partial charge in [0.2, 0.25) is 5.91 Å². The van der Waals surface area contributed by atoms with Crippen LogP contribution in [-0.4, -0.2) is 72.7 Å². The van der Waals surface area contributed by atoms with Crippen molar-refractivity contribution in [2.45, 2.75) is 12.1 Å². The van der Waals surface area contributed by atoms with Crippen molar-refractivity contribution in [2.75, 3.05) is 20.6 Å². The van der Waals surface area contributed by atoms with E-state index >= 15 is 0 Å². The summed E-state index contributed by atoms with van der Waals surface area (Å²) in [7, 11) is -2.14.